The number of rotatable bonds is 8. The Morgan fingerprint density at radius 2 is 1.91 bits per heavy atom. The molecule has 0 aliphatic carbocycles. The largest absolute Gasteiger partial charge is 0.496 e. The number of ether oxygens (including phenoxy) is 2. The SMILES string of the molecule is C=C(OCC)c1cc2c(-c3cn(CC(F)F)nc3-c3ccccc3)ncnc2cc1OC. The quantitative estimate of drug-likeness (QED) is 0.344. The van der Waals surface area contributed by atoms with Gasteiger partial charge in [0, 0.05) is 28.8 Å². The van der Waals surface area contributed by atoms with E-state index in [1.54, 1.807) is 19.4 Å². The van der Waals surface area contributed by atoms with Gasteiger partial charge in [-0.05, 0) is 13.0 Å². The fraction of sp³-hybridized carbons (Fsp3) is 0.208. The van der Waals surface area contributed by atoms with Gasteiger partial charge < -0.3 is 9.47 Å². The first-order valence-electron chi connectivity index (χ1n) is 10.1. The third-order valence-corrected chi connectivity index (χ3v) is 4.96. The lowest BCUT2D eigenvalue weighted by molar-refractivity contribution is 0.122. The molecular weight excluding hydrogens is 414 g/mol. The first kappa shape index (κ1) is 21.4. The Bertz CT molecular complexity index is 1260. The van der Waals surface area contributed by atoms with Gasteiger partial charge in [-0.25, -0.2) is 18.7 Å². The molecule has 0 unspecified atom stereocenters. The second-order valence-electron chi connectivity index (χ2n) is 7.02. The number of alkyl halides is 2. The van der Waals surface area contributed by atoms with Crippen molar-refractivity contribution in [1.29, 1.82) is 0 Å². The number of halogens is 2. The van der Waals surface area contributed by atoms with Crippen molar-refractivity contribution >= 4 is 16.7 Å². The predicted octanol–water partition coefficient (Wildman–Crippen LogP) is 5.44. The molecular formula is C24H22F2N4O2. The lowest BCUT2D eigenvalue weighted by atomic mass is 10.0. The van der Waals surface area contributed by atoms with Crippen LogP contribution in [0.15, 0.2) is 61.6 Å². The van der Waals surface area contributed by atoms with E-state index in [9.17, 15) is 8.78 Å². The predicted molar refractivity (Wildman–Crippen MR) is 119 cm³/mol. The molecule has 0 N–H and O–H groups in total. The van der Waals surface area contributed by atoms with E-state index < -0.39 is 13.0 Å². The number of hydrogen-bond donors (Lipinski definition) is 0. The van der Waals surface area contributed by atoms with Crippen molar-refractivity contribution in [3.8, 4) is 28.3 Å². The molecule has 8 heteroatoms. The molecule has 0 amide bonds. The van der Waals surface area contributed by atoms with Crippen LogP contribution < -0.4 is 4.74 Å². The Hall–Kier alpha value is -3.81. The molecule has 0 bridgehead atoms. The monoisotopic (exact) mass is 436 g/mol. The van der Waals surface area contributed by atoms with Crippen LogP contribution in [0, 0.1) is 0 Å². The van der Waals surface area contributed by atoms with E-state index in [-0.39, 0.29) is 0 Å². The van der Waals surface area contributed by atoms with E-state index in [0.717, 1.165) is 5.56 Å². The number of benzene rings is 2. The number of hydrogen-bond acceptors (Lipinski definition) is 5. The van der Waals surface area contributed by atoms with Gasteiger partial charge in [-0.15, -0.1) is 0 Å². The minimum atomic E-state index is -2.53. The molecule has 2 aromatic heterocycles. The standard InChI is InChI=1S/C24H22F2N4O2/c1-4-32-15(2)17-10-18-20(11-21(17)31-3)27-14-28-24(18)19-12-30(13-22(25)26)29-23(19)16-8-6-5-7-9-16/h5-12,14,22H,2,4,13H2,1,3H3. The number of fused-ring (bicyclic) bond motifs is 1. The summed E-state index contributed by atoms with van der Waals surface area (Å²) >= 11 is 0. The third-order valence-electron chi connectivity index (χ3n) is 4.96. The fourth-order valence-corrected chi connectivity index (χ4v) is 3.58. The summed E-state index contributed by atoms with van der Waals surface area (Å²) in [6.45, 7) is 5.81. The summed E-state index contributed by atoms with van der Waals surface area (Å²) in [4.78, 5) is 8.87. The molecule has 0 aliphatic rings. The second kappa shape index (κ2) is 9.13. The van der Waals surface area contributed by atoms with Gasteiger partial charge in [-0.2, -0.15) is 5.10 Å². The maximum Gasteiger partial charge on any atom is 0.257 e. The van der Waals surface area contributed by atoms with Crippen molar-refractivity contribution < 1.29 is 18.3 Å². The van der Waals surface area contributed by atoms with Gasteiger partial charge in [0.2, 0.25) is 0 Å². The van der Waals surface area contributed by atoms with Gasteiger partial charge in [0.05, 0.1) is 30.5 Å². The number of aromatic nitrogens is 4. The zero-order valence-electron chi connectivity index (χ0n) is 17.8. The highest BCUT2D eigenvalue weighted by Crippen LogP contribution is 2.37. The lowest BCUT2D eigenvalue weighted by Gasteiger charge is -2.14. The van der Waals surface area contributed by atoms with Crippen LogP contribution in [-0.2, 0) is 11.3 Å². The van der Waals surface area contributed by atoms with Crippen LogP contribution in [-0.4, -0.2) is 39.9 Å². The van der Waals surface area contributed by atoms with Crippen LogP contribution in [0.5, 0.6) is 5.75 Å². The van der Waals surface area contributed by atoms with Gasteiger partial charge in [-0.3, -0.25) is 4.68 Å². The molecule has 0 atom stereocenters. The van der Waals surface area contributed by atoms with E-state index in [1.165, 1.54) is 11.0 Å². The van der Waals surface area contributed by atoms with Crippen LogP contribution in [0.25, 0.3) is 39.2 Å². The van der Waals surface area contributed by atoms with Gasteiger partial charge >= 0.3 is 0 Å². The minimum Gasteiger partial charge on any atom is -0.496 e. The van der Waals surface area contributed by atoms with Crippen molar-refractivity contribution in [1.82, 2.24) is 19.7 Å². The normalized spacial score (nSPS) is 11.2. The molecule has 0 aliphatic heterocycles. The van der Waals surface area contributed by atoms with Crippen LogP contribution >= 0.6 is 0 Å². The molecule has 0 fully saturated rings. The van der Waals surface area contributed by atoms with Crippen LogP contribution in [0.4, 0.5) is 8.78 Å². The van der Waals surface area contributed by atoms with E-state index in [0.29, 0.717) is 51.5 Å². The molecule has 2 heterocycles. The Kier molecular flexibility index (Phi) is 6.11. The summed E-state index contributed by atoms with van der Waals surface area (Å²) in [6, 6.07) is 13.0. The lowest BCUT2D eigenvalue weighted by Crippen LogP contribution is -2.06. The highest BCUT2D eigenvalue weighted by molar-refractivity contribution is 5.98. The molecule has 164 valence electrons. The molecule has 0 spiro atoms. The molecule has 4 aromatic rings. The van der Waals surface area contributed by atoms with Crippen LogP contribution in [0.2, 0.25) is 0 Å². The summed E-state index contributed by atoms with van der Waals surface area (Å²) in [5.74, 6) is 1.02. The fourth-order valence-electron chi connectivity index (χ4n) is 3.58. The van der Waals surface area contributed by atoms with Gasteiger partial charge in [0.1, 0.15) is 30.1 Å². The smallest absolute Gasteiger partial charge is 0.257 e. The number of methoxy groups -OCH3 is 1. The van der Waals surface area contributed by atoms with Crippen LogP contribution in [0.1, 0.15) is 12.5 Å². The third kappa shape index (κ3) is 4.16. The minimum absolute atomic E-state index is 0.455. The van der Waals surface area contributed by atoms with Crippen molar-refractivity contribution in [3.63, 3.8) is 0 Å². The van der Waals surface area contributed by atoms with Crippen molar-refractivity contribution in [3.05, 3.63) is 67.1 Å². The highest BCUT2D eigenvalue weighted by atomic mass is 19.3. The molecule has 2 aromatic carbocycles. The average molecular weight is 436 g/mol. The summed E-state index contributed by atoms with van der Waals surface area (Å²) in [5.41, 5.74) is 3.87. The highest BCUT2D eigenvalue weighted by Gasteiger charge is 2.20. The average Bonchev–Trinajstić information content (AvgIpc) is 3.21. The van der Waals surface area contributed by atoms with Gasteiger partial charge in [0.25, 0.3) is 6.43 Å². The van der Waals surface area contributed by atoms with E-state index in [4.69, 9.17) is 9.47 Å². The van der Waals surface area contributed by atoms with Crippen molar-refractivity contribution in [2.45, 2.75) is 19.9 Å². The van der Waals surface area contributed by atoms with Crippen LogP contribution in [0.3, 0.4) is 0 Å². The number of nitrogens with zero attached hydrogens (tertiary/aromatic N) is 4. The molecule has 32 heavy (non-hydrogen) atoms. The molecule has 0 saturated carbocycles. The van der Waals surface area contributed by atoms with E-state index >= 15 is 0 Å². The Labute approximate surface area is 184 Å². The molecule has 4 rings (SSSR count). The first-order valence-corrected chi connectivity index (χ1v) is 10.1. The summed E-state index contributed by atoms with van der Waals surface area (Å²) in [5, 5.41) is 5.14. The summed E-state index contributed by atoms with van der Waals surface area (Å²) in [6.07, 6.45) is 0.504. The maximum atomic E-state index is 13.1. The molecule has 0 saturated heterocycles. The first-order chi connectivity index (χ1) is 15.5. The van der Waals surface area contributed by atoms with E-state index in [2.05, 4.69) is 21.6 Å². The zero-order chi connectivity index (χ0) is 22.7. The van der Waals surface area contributed by atoms with Gasteiger partial charge in [-0.1, -0.05) is 36.9 Å². The summed E-state index contributed by atoms with van der Waals surface area (Å²) in [7, 11) is 1.56. The van der Waals surface area contributed by atoms with Crippen molar-refractivity contribution in [2.24, 2.45) is 0 Å². The maximum absolute atomic E-state index is 13.1. The second-order valence-corrected chi connectivity index (χ2v) is 7.02. The molecule has 6 nitrogen and oxygen atoms in total. The van der Waals surface area contributed by atoms with Crippen molar-refractivity contribution in [2.75, 3.05) is 13.7 Å². The Balaban J connectivity index is 1.96. The topological polar surface area (TPSA) is 62.1 Å². The summed E-state index contributed by atoms with van der Waals surface area (Å²) < 4.78 is 38.5. The Morgan fingerprint density at radius 1 is 1.12 bits per heavy atom. The molecule has 0 radical (unpaired) electrons. The van der Waals surface area contributed by atoms with E-state index in [1.807, 2.05) is 43.3 Å². The Morgan fingerprint density at radius 3 is 2.59 bits per heavy atom. The zero-order valence-corrected chi connectivity index (χ0v) is 17.8. The van der Waals surface area contributed by atoms with Gasteiger partial charge in [0.15, 0.2) is 0 Å².